The summed E-state index contributed by atoms with van der Waals surface area (Å²) in [5.74, 6) is 2.31. The van der Waals surface area contributed by atoms with Crippen molar-refractivity contribution in [1.29, 1.82) is 0 Å². The van der Waals surface area contributed by atoms with Crippen LogP contribution in [0.2, 0.25) is 0 Å². The number of amides is 1. The third kappa shape index (κ3) is 3.61. The molecule has 156 valence electrons. The van der Waals surface area contributed by atoms with Crippen molar-refractivity contribution in [2.45, 2.75) is 13.5 Å². The molecule has 0 atom stereocenters. The molecule has 1 aliphatic rings. The molecule has 0 saturated carbocycles. The third-order valence-electron chi connectivity index (χ3n) is 5.46. The second kappa shape index (κ2) is 7.80. The molecule has 0 fully saturated rings. The lowest BCUT2D eigenvalue weighted by Crippen LogP contribution is -2.26. The first-order chi connectivity index (χ1) is 15.1. The quantitative estimate of drug-likeness (QED) is 0.498. The molecule has 5 rings (SSSR count). The molecule has 0 N–H and O–H groups in total. The van der Waals surface area contributed by atoms with Gasteiger partial charge in [0.2, 0.25) is 0 Å². The molecule has 0 aliphatic carbocycles. The first kappa shape index (κ1) is 19.2. The molecule has 3 aromatic carbocycles. The predicted molar refractivity (Wildman–Crippen MR) is 119 cm³/mol. The highest BCUT2D eigenvalue weighted by molar-refractivity contribution is 5.97. The van der Waals surface area contributed by atoms with Crippen LogP contribution in [0.5, 0.6) is 11.5 Å². The lowest BCUT2D eigenvalue weighted by atomic mass is 10.1. The number of rotatable bonds is 4. The lowest BCUT2D eigenvalue weighted by molar-refractivity contribution is 0.0785. The summed E-state index contributed by atoms with van der Waals surface area (Å²) in [7, 11) is 1.80. The number of fused-ring (bicyclic) bond motifs is 2. The molecule has 6 nitrogen and oxygen atoms in total. The molecular weight excluding hydrogens is 390 g/mol. The van der Waals surface area contributed by atoms with Gasteiger partial charge in [0.05, 0.1) is 11.0 Å². The van der Waals surface area contributed by atoms with Crippen LogP contribution < -0.4 is 9.47 Å². The number of ether oxygens (including phenoxy) is 2. The van der Waals surface area contributed by atoms with E-state index in [0.29, 0.717) is 25.3 Å². The summed E-state index contributed by atoms with van der Waals surface area (Å²) in [6, 6.07) is 21.6. The molecule has 4 aromatic rings. The van der Waals surface area contributed by atoms with Crippen LogP contribution in [-0.2, 0) is 6.54 Å². The van der Waals surface area contributed by atoms with Gasteiger partial charge in [-0.2, -0.15) is 0 Å². The molecule has 0 radical (unpaired) electrons. The Labute approximate surface area is 180 Å². The molecule has 0 unspecified atom stereocenters. The van der Waals surface area contributed by atoms with Gasteiger partial charge in [-0.25, -0.2) is 4.98 Å². The van der Waals surface area contributed by atoms with E-state index in [0.717, 1.165) is 39.6 Å². The van der Waals surface area contributed by atoms with Crippen LogP contribution in [0.3, 0.4) is 0 Å². The highest BCUT2D eigenvalue weighted by Gasteiger charge is 2.17. The SMILES string of the molecule is Cc1nc2cc(C(=O)N(C)Cc3ccc4c(c3)OCCO4)ccc2n1-c1ccccc1. The number of carbonyl (C=O) groups excluding carboxylic acids is 1. The number of carbonyl (C=O) groups is 1. The number of benzene rings is 3. The predicted octanol–water partition coefficient (Wildman–Crippen LogP) is 4.38. The van der Waals surface area contributed by atoms with Gasteiger partial charge in [0, 0.05) is 24.8 Å². The van der Waals surface area contributed by atoms with Gasteiger partial charge in [-0.3, -0.25) is 9.36 Å². The standard InChI is InChI=1S/C25H23N3O3/c1-17-26-21-15-19(9-10-22(21)28(17)20-6-4-3-5-7-20)25(29)27(2)16-18-8-11-23-24(14-18)31-13-12-30-23/h3-11,14-15H,12-13,16H2,1-2H3. The van der Waals surface area contributed by atoms with Crippen molar-refractivity contribution in [1.82, 2.24) is 14.5 Å². The van der Waals surface area contributed by atoms with Crippen molar-refractivity contribution in [3.05, 3.63) is 83.7 Å². The number of nitrogens with zero attached hydrogens (tertiary/aromatic N) is 3. The van der Waals surface area contributed by atoms with Gasteiger partial charge in [-0.1, -0.05) is 24.3 Å². The molecule has 1 amide bonds. The summed E-state index contributed by atoms with van der Waals surface area (Å²) >= 11 is 0. The fraction of sp³-hybridized carbons (Fsp3) is 0.200. The fourth-order valence-corrected chi connectivity index (χ4v) is 3.99. The molecular formula is C25H23N3O3. The van der Waals surface area contributed by atoms with E-state index in [9.17, 15) is 4.79 Å². The number of imidazole rings is 1. The highest BCUT2D eigenvalue weighted by Crippen LogP contribution is 2.31. The maximum Gasteiger partial charge on any atom is 0.253 e. The Morgan fingerprint density at radius 3 is 2.58 bits per heavy atom. The minimum atomic E-state index is -0.0521. The van der Waals surface area contributed by atoms with E-state index in [2.05, 4.69) is 9.55 Å². The Hall–Kier alpha value is -3.80. The van der Waals surface area contributed by atoms with Crippen molar-refractivity contribution in [3.63, 3.8) is 0 Å². The van der Waals surface area contributed by atoms with E-state index in [1.54, 1.807) is 11.9 Å². The average molecular weight is 413 g/mol. The molecule has 6 heteroatoms. The topological polar surface area (TPSA) is 56.6 Å². The summed E-state index contributed by atoms with van der Waals surface area (Å²) in [6.45, 7) is 3.56. The minimum absolute atomic E-state index is 0.0521. The van der Waals surface area contributed by atoms with Gasteiger partial charge in [-0.05, 0) is 55.0 Å². The van der Waals surface area contributed by atoms with Crippen LogP contribution >= 0.6 is 0 Å². The third-order valence-corrected chi connectivity index (χ3v) is 5.46. The molecule has 31 heavy (non-hydrogen) atoms. The highest BCUT2D eigenvalue weighted by atomic mass is 16.6. The molecule has 1 aromatic heterocycles. The molecule has 0 bridgehead atoms. The van der Waals surface area contributed by atoms with Crippen LogP contribution in [0.4, 0.5) is 0 Å². The Kier molecular flexibility index (Phi) is 4.82. The first-order valence-electron chi connectivity index (χ1n) is 10.3. The van der Waals surface area contributed by atoms with E-state index in [1.165, 1.54) is 0 Å². The van der Waals surface area contributed by atoms with Crippen LogP contribution in [0.25, 0.3) is 16.7 Å². The van der Waals surface area contributed by atoms with Crippen molar-refractivity contribution in [2.75, 3.05) is 20.3 Å². The largest absolute Gasteiger partial charge is 0.486 e. The summed E-state index contributed by atoms with van der Waals surface area (Å²) in [6.07, 6.45) is 0. The smallest absolute Gasteiger partial charge is 0.253 e. The molecule has 2 heterocycles. The van der Waals surface area contributed by atoms with Crippen LogP contribution in [0.15, 0.2) is 66.7 Å². The van der Waals surface area contributed by atoms with Crippen molar-refractivity contribution in [3.8, 4) is 17.2 Å². The Balaban J connectivity index is 1.39. The van der Waals surface area contributed by atoms with Crippen LogP contribution in [0.1, 0.15) is 21.7 Å². The van der Waals surface area contributed by atoms with Crippen molar-refractivity contribution < 1.29 is 14.3 Å². The van der Waals surface area contributed by atoms with E-state index in [-0.39, 0.29) is 5.91 Å². The summed E-state index contributed by atoms with van der Waals surface area (Å²) < 4.78 is 13.3. The normalized spacial score (nSPS) is 12.7. The number of aromatic nitrogens is 2. The minimum Gasteiger partial charge on any atom is -0.486 e. The zero-order valence-electron chi connectivity index (χ0n) is 17.5. The van der Waals surface area contributed by atoms with Gasteiger partial charge in [0.15, 0.2) is 11.5 Å². The molecule has 0 spiro atoms. The van der Waals surface area contributed by atoms with Gasteiger partial charge in [0.25, 0.3) is 5.91 Å². The second-order valence-corrected chi connectivity index (χ2v) is 7.67. The van der Waals surface area contributed by atoms with Gasteiger partial charge in [-0.15, -0.1) is 0 Å². The number of aryl methyl sites for hydroxylation is 1. The number of hydrogen-bond acceptors (Lipinski definition) is 4. The van der Waals surface area contributed by atoms with E-state index in [4.69, 9.17) is 9.47 Å². The monoisotopic (exact) mass is 413 g/mol. The van der Waals surface area contributed by atoms with Crippen LogP contribution in [-0.4, -0.2) is 40.6 Å². The number of para-hydroxylation sites is 1. The maximum atomic E-state index is 13.1. The van der Waals surface area contributed by atoms with Crippen molar-refractivity contribution >= 4 is 16.9 Å². The van der Waals surface area contributed by atoms with E-state index >= 15 is 0 Å². The Morgan fingerprint density at radius 2 is 1.77 bits per heavy atom. The fourth-order valence-electron chi connectivity index (χ4n) is 3.99. The van der Waals surface area contributed by atoms with Crippen LogP contribution in [0, 0.1) is 6.92 Å². The van der Waals surface area contributed by atoms with E-state index < -0.39 is 0 Å². The Bertz CT molecular complexity index is 1260. The van der Waals surface area contributed by atoms with Gasteiger partial charge < -0.3 is 14.4 Å². The summed E-state index contributed by atoms with van der Waals surface area (Å²) in [4.78, 5) is 19.5. The van der Waals surface area contributed by atoms with Gasteiger partial charge in [0.1, 0.15) is 19.0 Å². The average Bonchev–Trinajstić information content (AvgIpc) is 3.13. The maximum absolute atomic E-state index is 13.1. The van der Waals surface area contributed by atoms with Crippen molar-refractivity contribution in [2.24, 2.45) is 0 Å². The lowest BCUT2D eigenvalue weighted by Gasteiger charge is -2.21. The first-order valence-corrected chi connectivity index (χ1v) is 10.3. The van der Waals surface area contributed by atoms with Gasteiger partial charge >= 0.3 is 0 Å². The zero-order valence-corrected chi connectivity index (χ0v) is 17.5. The number of hydrogen-bond donors (Lipinski definition) is 0. The molecule has 0 saturated heterocycles. The Morgan fingerprint density at radius 1 is 1.00 bits per heavy atom. The summed E-state index contributed by atoms with van der Waals surface area (Å²) in [5.41, 5.74) is 4.45. The summed E-state index contributed by atoms with van der Waals surface area (Å²) in [5, 5.41) is 0. The zero-order chi connectivity index (χ0) is 21.4. The second-order valence-electron chi connectivity index (χ2n) is 7.67. The molecule has 1 aliphatic heterocycles. The van der Waals surface area contributed by atoms with E-state index in [1.807, 2.05) is 73.7 Å².